The summed E-state index contributed by atoms with van der Waals surface area (Å²) >= 11 is 0. The number of carbonyl (C=O) groups is 4. The van der Waals surface area contributed by atoms with E-state index >= 15 is 0 Å². The first kappa shape index (κ1) is 64.8. The van der Waals surface area contributed by atoms with E-state index < -0.39 is 71.5 Å². The monoisotopic (exact) mass is 1180 g/mol. The van der Waals surface area contributed by atoms with Gasteiger partial charge in [-0.05, 0) is 98.9 Å². The van der Waals surface area contributed by atoms with Crippen molar-refractivity contribution in [2.24, 2.45) is 5.10 Å². The molecule has 0 saturated carbocycles. The minimum Gasteiger partial charge on any atom is -0.493 e. The van der Waals surface area contributed by atoms with Crippen LogP contribution in [0.1, 0.15) is 79.3 Å². The largest absolute Gasteiger partial charge is 0.493 e. The molecule has 0 spiro atoms. The third-order valence-electron chi connectivity index (χ3n) is 13.0. The number of hydrogen-bond acceptors (Lipinski definition) is 18. The summed E-state index contributed by atoms with van der Waals surface area (Å²) in [7, 11) is -4.52. The maximum absolute atomic E-state index is 13.4. The number of aromatic nitrogens is 2. The highest BCUT2D eigenvalue weighted by molar-refractivity contribution is 7.86. The van der Waals surface area contributed by atoms with E-state index in [9.17, 15) is 57.7 Å². The number of hydrogen-bond donors (Lipinski definition) is 11. The molecule has 0 aliphatic carbocycles. The summed E-state index contributed by atoms with van der Waals surface area (Å²) in [6.07, 6.45) is -1.69. The molecule has 6 aromatic rings. The number of rotatable bonds is 36. The molecule has 3 amide bonds. The lowest BCUT2D eigenvalue weighted by Gasteiger charge is -2.26. The first-order chi connectivity index (χ1) is 40.5. The number of amides is 3. The van der Waals surface area contributed by atoms with Crippen molar-refractivity contribution in [3.05, 3.63) is 150 Å². The van der Waals surface area contributed by atoms with E-state index in [1.165, 1.54) is 36.5 Å². The average Bonchev–Trinajstić information content (AvgIpc) is 3.71. The summed E-state index contributed by atoms with van der Waals surface area (Å²) in [5.41, 5.74) is 7.17. The van der Waals surface area contributed by atoms with E-state index in [-0.39, 0.29) is 66.6 Å². The van der Waals surface area contributed by atoms with Crippen molar-refractivity contribution in [3.8, 4) is 39.8 Å². The van der Waals surface area contributed by atoms with Gasteiger partial charge in [-0.1, -0.05) is 84.9 Å². The van der Waals surface area contributed by atoms with Crippen LogP contribution in [0.5, 0.6) is 17.4 Å². The highest BCUT2D eigenvalue weighted by atomic mass is 32.2. The molecule has 2 aromatic heterocycles. The molecule has 4 aromatic carbocycles. The number of aliphatic carboxylic acids is 1. The number of carboxylic acid groups (broad SMARTS) is 1. The summed E-state index contributed by atoms with van der Waals surface area (Å²) in [5.74, 6) is -1.11. The van der Waals surface area contributed by atoms with E-state index in [0.717, 1.165) is 41.4 Å². The number of aliphatic hydroxyl groups excluding tert-OH is 5. The van der Waals surface area contributed by atoms with E-state index in [2.05, 4.69) is 37.5 Å². The van der Waals surface area contributed by atoms with Crippen molar-refractivity contribution >= 4 is 45.8 Å². The highest BCUT2D eigenvalue weighted by Crippen LogP contribution is 2.32. The van der Waals surface area contributed by atoms with Crippen LogP contribution in [0.4, 0.5) is 5.82 Å². The quantitative estimate of drug-likeness (QED) is 0.0107. The van der Waals surface area contributed by atoms with E-state index in [1.54, 1.807) is 24.3 Å². The summed E-state index contributed by atoms with van der Waals surface area (Å²) in [6.45, 7) is -0.332. The zero-order valence-corrected chi connectivity index (χ0v) is 46.9. The summed E-state index contributed by atoms with van der Waals surface area (Å²) < 4.78 is 51.3. The van der Waals surface area contributed by atoms with Gasteiger partial charge in [0, 0.05) is 54.9 Å². The Bertz CT molecular complexity index is 3140. The van der Waals surface area contributed by atoms with Gasteiger partial charge in [-0.2, -0.15) is 13.5 Å². The first-order valence-electron chi connectivity index (χ1n) is 27.4. The molecule has 5 atom stereocenters. The number of pyridine rings is 2. The van der Waals surface area contributed by atoms with Gasteiger partial charge in [0.1, 0.15) is 46.6 Å². The predicted octanol–water partition coefficient (Wildman–Crippen LogP) is 4.94. The topological polar surface area (TPSA) is 358 Å². The molecule has 24 heteroatoms. The van der Waals surface area contributed by atoms with Crippen molar-refractivity contribution in [2.75, 3.05) is 44.9 Å². The summed E-state index contributed by atoms with van der Waals surface area (Å²) in [5, 5.41) is 70.8. The van der Waals surface area contributed by atoms with Crippen LogP contribution in [0.15, 0.2) is 144 Å². The second-order valence-electron chi connectivity index (χ2n) is 19.4. The third kappa shape index (κ3) is 21.1. The molecular weight excluding hydrogens is 1110 g/mol. The molecule has 0 radical (unpaired) electrons. The number of hydrazone groups is 1. The van der Waals surface area contributed by atoms with Gasteiger partial charge in [-0.15, -0.1) is 0 Å². The molecule has 0 bridgehead atoms. The Morgan fingerprint density at radius 2 is 1.32 bits per heavy atom. The molecule has 84 heavy (non-hydrogen) atoms. The Morgan fingerprint density at radius 3 is 1.99 bits per heavy atom. The highest BCUT2D eigenvalue weighted by Gasteiger charge is 2.31. The molecule has 23 nitrogen and oxygen atoms in total. The molecular formula is C60H71N7O16S. The maximum atomic E-state index is 13.4. The Morgan fingerprint density at radius 1 is 0.667 bits per heavy atom. The van der Waals surface area contributed by atoms with Gasteiger partial charge in [0.15, 0.2) is 0 Å². The van der Waals surface area contributed by atoms with Crippen molar-refractivity contribution in [1.82, 2.24) is 25.9 Å². The Balaban J connectivity index is 0.941. The second-order valence-corrected chi connectivity index (χ2v) is 20.8. The van der Waals surface area contributed by atoms with Crippen LogP contribution >= 0.6 is 0 Å². The van der Waals surface area contributed by atoms with Crippen molar-refractivity contribution in [2.45, 2.75) is 99.6 Å². The van der Waals surface area contributed by atoms with Crippen molar-refractivity contribution in [3.63, 3.8) is 0 Å². The minimum atomic E-state index is -4.52. The van der Waals surface area contributed by atoms with Crippen LogP contribution in [0.2, 0.25) is 0 Å². The smallest absolute Gasteiger partial charge is 0.303 e. The van der Waals surface area contributed by atoms with Gasteiger partial charge < -0.3 is 60.8 Å². The number of aliphatic hydroxyl groups is 5. The Labute approximate surface area is 486 Å². The number of carboxylic acids is 1. The molecule has 6 rings (SSSR count). The predicted molar refractivity (Wildman–Crippen MR) is 311 cm³/mol. The summed E-state index contributed by atoms with van der Waals surface area (Å²) in [6, 6.07) is 36.4. The number of nitrogens with one attached hydrogen (secondary N) is 4. The van der Waals surface area contributed by atoms with Crippen molar-refractivity contribution in [1.29, 1.82) is 0 Å². The molecule has 5 unspecified atom stereocenters. The second kappa shape index (κ2) is 33.7. The molecule has 0 aliphatic rings. The third-order valence-corrected chi connectivity index (χ3v) is 14.0. The first-order valence-corrected chi connectivity index (χ1v) is 28.8. The lowest BCUT2D eigenvalue weighted by atomic mass is 10.0. The van der Waals surface area contributed by atoms with Crippen LogP contribution in [0, 0.1) is 0 Å². The Hall–Kier alpha value is -8.36. The van der Waals surface area contributed by atoms with Crippen LogP contribution in [0.25, 0.3) is 22.4 Å². The molecule has 448 valence electrons. The van der Waals surface area contributed by atoms with Crippen LogP contribution in [-0.2, 0) is 30.9 Å². The fraction of sp³-hybridized carbons (Fsp3) is 0.350. The van der Waals surface area contributed by atoms with Crippen LogP contribution in [0.3, 0.4) is 0 Å². The zero-order chi connectivity index (χ0) is 60.3. The standard InChI is InChI=1S/C60H71N7O16S/c68-39-49(70)58(75)57(74)48(69)38-63-60(77)46(66-59(76)43-26-28-53(62-36-43)67-64-37-42-20-8-9-24-52(42)84(78,79)80)21-10-11-30-61-54(71)25-15-33-82-51-23-14-22-50(45(51)27-29-56(72)73)81-31-12-3-13-32-83-55-35-44(40-16-4-1-5-17-40)34-47(65-55)41-18-6-2-7-19-41/h1-2,4-9,14,16-20,22-24,26,28,34-37,46,48-49,57-58,68-70,74-75H,3,10-13,15,21,25,27,29-33,38-39H2,(H,61,71)(H,62,67)(H,63,77)(H,66,76)(H,72,73)(H,78,79,80)/b64-37+. The Kier molecular flexibility index (Phi) is 26.0. The van der Waals surface area contributed by atoms with Gasteiger partial charge in [0.05, 0.1) is 50.0 Å². The van der Waals surface area contributed by atoms with Gasteiger partial charge >= 0.3 is 5.97 Å². The fourth-order valence-corrected chi connectivity index (χ4v) is 9.15. The number of anilines is 1. The summed E-state index contributed by atoms with van der Waals surface area (Å²) in [4.78, 5) is 59.8. The van der Waals surface area contributed by atoms with Gasteiger partial charge in [-0.3, -0.25) is 29.2 Å². The number of carbonyl (C=O) groups excluding carboxylic acids is 3. The number of unbranched alkanes of at least 4 members (excludes halogenated alkanes) is 3. The van der Waals surface area contributed by atoms with Crippen molar-refractivity contribution < 1.29 is 77.0 Å². The number of nitrogens with zero attached hydrogens (tertiary/aromatic N) is 3. The lowest BCUT2D eigenvalue weighted by Crippen LogP contribution is -2.52. The van der Waals surface area contributed by atoms with E-state index in [1.807, 2.05) is 66.7 Å². The average molecular weight is 1180 g/mol. The molecule has 0 fully saturated rings. The normalized spacial score (nSPS) is 13.2. The van der Waals surface area contributed by atoms with Gasteiger partial charge in [-0.25, -0.2) is 9.97 Å². The maximum Gasteiger partial charge on any atom is 0.303 e. The van der Waals surface area contributed by atoms with E-state index in [4.69, 9.17) is 24.3 Å². The molecule has 0 aliphatic heterocycles. The fourth-order valence-electron chi connectivity index (χ4n) is 8.48. The van der Waals surface area contributed by atoms with E-state index in [0.29, 0.717) is 61.8 Å². The zero-order valence-electron chi connectivity index (χ0n) is 46.0. The van der Waals surface area contributed by atoms with Crippen LogP contribution < -0.4 is 35.6 Å². The number of benzene rings is 4. The van der Waals surface area contributed by atoms with Crippen LogP contribution in [-0.4, -0.2) is 153 Å². The number of ether oxygens (including phenoxy) is 3. The van der Waals surface area contributed by atoms with Gasteiger partial charge in [0.25, 0.3) is 16.0 Å². The SMILES string of the molecule is O=C(O)CCc1c(OCCCCCOc2cc(-c3ccccc3)cc(-c3ccccc3)n2)cccc1OCCCC(=O)NCCCCC(NC(=O)c1ccc(N/N=C/c2ccccc2S(=O)(=O)O)nc1)C(=O)NCC(O)C(O)C(O)C(O)CO. The molecule has 0 saturated heterocycles. The minimum absolute atomic E-state index is 0.0205. The molecule has 11 N–H and O–H groups in total. The molecule has 2 heterocycles. The lowest BCUT2D eigenvalue weighted by molar-refractivity contribution is -0.137. The van der Waals surface area contributed by atoms with Gasteiger partial charge in [0.2, 0.25) is 17.7 Å².